The van der Waals surface area contributed by atoms with Crippen molar-refractivity contribution in [2.75, 3.05) is 0 Å². The standard InChI is InChI=1S/C45H24N4S2/c1-3-9-29-25(7-1)18-20-38-39(29)33-23-36(49-35-19-17-26-8-2-4-10-30(26)42(35)48-45(49)43(33)51-38)27-13-15-28(16-14-27)41-44-40(31-21-22-46-24-34(31)47-41)32-11-5-6-12-37(32)50-44/h1-24H. The van der Waals surface area contributed by atoms with Crippen LogP contribution in [0.1, 0.15) is 0 Å². The summed E-state index contributed by atoms with van der Waals surface area (Å²) in [4.78, 5) is 15.1. The predicted octanol–water partition coefficient (Wildman–Crippen LogP) is 12.8. The Hall–Kier alpha value is -6.21. The van der Waals surface area contributed by atoms with Crippen LogP contribution in [0, 0.1) is 0 Å². The molecule has 0 amide bonds. The molecule has 6 aromatic carbocycles. The molecule has 12 rings (SSSR count). The zero-order chi connectivity index (χ0) is 33.2. The molecule has 0 fully saturated rings. The molecule has 0 unspecified atom stereocenters. The molecule has 236 valence electrons. The van der Waals surface area contributed by atoms with Crippen molar-refractivity contribution in [3.8, 4) is 22.5 Å². The molecule has 0 aliphatic rings. The number of hydrogen-bond acceptors (Lipinski definition) is 5. The van der Waals surface area contributed by atoms with Crippen molar-refractivity contribution in [2.45, 2.75) is 0 Å². The molecule has 6 aromatic heterocycles. The third-order valence-electron chi connectivity index (χ3n) is 10.5. The highest BCUT2D eigenvalue weighted by molar-refractivity contribution is 7.27. The Morgan fingerprint density at radius 1 is 0.510 bits per heavy atom. The van der Waals surface area contributed by atoms with Crippen molar-refractivity contribution in [3.63, 3.8) is 0 Å². The van der Waals surface area contributed by atoms with Crippen LogP contribution in [0.4, 0.5) is 0 Å². The van der Waals surface area contributed by atoms with Gasteiger partial charge in [0, 0.05) is 53.5 Å². The van der Waals surface area contributed by atoms with Gasteiger partial charge in [0.2, 0.25) is 0 Å². The lowest BCUT2D eigenvalue weighted by Crippen LogP contribution is -1.93. The molecule has 0 aliphatic carbocycles. The highest BCUT2D eigenvalue weighted by Gasteiger charge is 2.21. The Bertz CT molecular complexity index is 3420. The number of aromatic nitrogens is 4. The van der Waals surface area contributed by atoms with E-state index in [-0.39, 0.29) is 0 Å². The van der Waals surface area contributed by atoms with Crippen molar-refractivity contribution in [1.82, 2.24) is 19.4 Å². The molecule has 0 atom stereocenters. The maximum Gasteiger partial charge on any atom is 0.156 e. The third kappa shape index (κ3) is 3.80. The van der Waals surface area contributed by atoms with Crippen LogP contribution in [0.15, 0.2) is 146 Å². The maximum atomic E-state index is 5.44. The van der Waals surface area contributed by atoms with Crippen LogP contribution < -0.4 is 0 Å². The SMILES string of the molecule is c1ccc2c(c1)ccc1c2nc2c3sc4ccc5ccccc5c4c3cc(-c3ccc(-c4nc5cnccc5c5c4sc4ccccc45)cc3)n12. The second kappa shape index (κ2) is 10.2. The molecule has 4 nitrogen and oxygen atoms in total. The molecular formula is C45H24N4S2. The van der Waals surface area contributed by atoms with E-state index in [4.69, 9.17) is 9.97 Å². The summed E-state index contributed by atoms with van der Waals surface area (Å²) in [7, 11) is 0. The smallest absolute Gasteiger partial charge is 0.156 e. The van der Waals surface area contributed by atoms with Crippen LogP contribution in [0.2, 0.25) is 0 Å². The van der Waals surface area contributed by atoms with Crippen LogP contribution in [-0.2, 0) is 0 Å². The fraction of sp³-hybridized carbons (Fsp3) is 0. The van der Waals surface area contributed by atoms with Gasteiger partial charge in [-0.25, -0.2) is 9.97 Å². The summed E-state index contributed by atoms with van der Waals surface area (Å²) < 4.78 is 7.33. The average Bonchev–Trinajstić information content (AvgIpc) is 3.90. The van der Waals surface area contributed by atoms with E-state index in [1.807, 2.05) is 35.1 Å². The van der Waals surface area contributed by atoms with Crippen molar-refractivity contribution < 1.29 is 0 Å². The van der Waals surface area contributed by atoms with Crippen LogP contribution in [0.3, 0.4) is 0 Å². The Balaban J connectivity index is 1.15. The first kappa shape index (κ1) is 27.6. The Labute approximate surface area is 298 Å². The first-order valence-electron chi connectivity index (χ1n) is 17.0. The lowest BCUT2D eigenvalue weighted by molar-refractivity contribution is 1.25. The summed E-state index contributed by atoms with van der Waals surface area (Å²) in [6.07, 6.45) is 3.75. The number of benzene rings is 6. The second-order valence-corrected chi connectivity index (χ2v) is 15.3. The number of hydrogen-bond donors (Lipinski definition) is 0. The van der Waals surface area contributed by atoms with E-state index in [0.717, 1.165) is 50.1 Å². The van der Waals surface area contributed by atoms with E-state index in [2.05, 4.69) is 143 Å². The van der Waals surface area contributed by atoms with Gasteiger partial charge in [0.05, 0.1) is 43.5 Å². The van der Waals surface area contributed by atoms with Crippen molar-refractivity contribution >= 4 is 112 Å². The van der Waals surface area contributed by atoms with E-state index in [1.165, 1.54) is 61.9 Å². The minimum Gasteiger partial charge on any atom is -0.291 e. The number of pyridine rings is 3. The molecule has 0 saturated carbocycles. The fourth-order valence-electron chi connectivity index (χ4n) is 8.15. The van der Waals surface area contributed by atoms with Gasteiger partial charge in [-0.15, -0.1) is 22.7 Å². The molecule has 12 aromatic rings. The van der Waals surface area contributed by atoms with Gasteiger partial charge in [-0.05, 0) is 52.1 Å². The van der Waals surface area contributed by atoms with Crippen LogP contribution in [0.25, 0.3) is 112 Å². The van der Waals surface area contributed by atoms with Gasteiger partial charge < -0.3 is 0 Å². The first-order chi connectivity index (χ1) is 25.3. The van der Waals surface area contributed by atoms with Gasteiger partial charge in [0.1, 0.15) is 0 Å². The topological polar surface area (TPSA) is 43.1 Å². The number of fused-ring (bicyclic) bond motifs is 16. The lowest BCUT2D eigenvalue weighted by atomic mass is 10.0. The molecule has 0 spiro atoms. The van der Waals surface area contributed by atoms with E-state index in [0.29, 0.717) is 0 Å². The average molecular weight is 685 g/mol. The van der Waals surface area contributed by atoms with Gasteiger partial charge in [-0.3, -0.25) is 9.38 Å². The van der Waals surface area contributed by atoms with E-state index < -0.39 is 0 Å². The summed E-state index contributed by atoms with van der Waals surface area (Å²) in [5.74, 6) is 0. The Kier molecular flexibility index (Phi) is 5.50. The van der Waals surface area contributed by atoms with Crippen molar-refractivity contribution in [3.05, 3.63) is 146 Å². The normalized spacial score (nSPS) is 12.3. The van der Waals surface area contributed by atoms with Crippen LogP contribution >= 0.6 is 22.7 Å². The predicted molar refractivity (Wildman–Crippen MR) is 217 cm³/mol. The van der Waals surface area contributed by atoms with Gasteiger partial charge in [0.25, 0.3) is 0 Å². The monoisotopic (exact) mass is 684 g/mol. The Morgan fingerprint density at radius 2 is 1.24 bits per heavy atom. The summed E-state index contributed by atoms with van der Waals surface area (Å²) in [5, 5.41) is 11.1. The molecule has 0 saturated heterocycles. The van der Waals surface area contributed by atoms with E-state index >= 15 is 0 Å². The fourth-order valence-corrected chi connectivity index (χ4v) is 10.6. The number of nitrogens with zero attached hydrogens (tertiary/aromatic N) is 4. The second-order valence-electron chi connectivity index (χ2n) is 13.2. The quantitative estimate of drug-likeness (QED) is 0.182. The number of thiophene rings is 2. The van der Waals surface area contributed by atoms with Gasteiger partial charge in [0.15, 0.2) is 5.65 Å². The largest absolute Gasteiger partial charge is 0.291 e. The minimum atomic E-state index is 0.911. The van der Waals surface area contributed by atoms with Gasteiger partial charge in [-0.1, -0.05) is 103 Å². The summed E-state index contributed by atoms with van der Waals surface area (Å²) >= 11 is 3.65. The molecule has 51 heavy (non-hydrogen) atoms. The van der Waals surface area contributed by atoms with Crippen LogP contribution in [-0.4, -0.2) is 19.4 Å². The molecule has 0 aliphatic heterocycles. The molecule has 0 bridgehead atoms. The third-order valence-corrected chi connectivity index (χ3v) is 12.8. The summed E-state index contributed by atoms with van der Waals surface area (Å²) in [6, 6.07) is 48.4. The molecule has 6 heteroatoms. The molecule has 0 N–H and O–H groups in total. The summed E-state index contributed by atoms with van der Waals surface area (Å²) in [6.45, 7) is 0. The molecule has 0 radical (unpaired) electrons. The zero-order valence-electron chi connectivity index (χ0n) is 27.0. The lowest BCUT2D eigenvalue weighted by Gasteiger charge is -2.11. The van der Waals surface area contributed by atoms with E-state index in [9.17, 15) is 0 Å². The van der Waals surface area contributed by atoms with Crippen molar-refractivity contribution in [2.24, 2.45) is 0 Å². The van der Waals surface area contributed by atoms with Gasteiger partial charge >= 0.3 is 0 Å². The van der Waals surface area contributed by atoms with Gasteiger partial charge in [-0.2, -0.15) is 0 Å². The maximum absolute atomic E-state index is 5.44. The highest BCUT2D eigenvalue weighted by atomic mass is 32.1. The highest BCUT2D eigenvalue weighted by Crippen LogP contribution is 2.45. The molecular weight excluding hydrogens is 661 g/mol. The molecule has 6 heterocycles. The van der Waals surface area contributed by atoms with Crippen molar-refractivity contribution in [1.29, 1.82) is 0 Å². The Morgan fingerprint density at radius 3 is 2.12 bits per heavy atom. The minimum absolute atomic E-state index is 0.911. The number of imidazole rings is 1. The first-order valence-corrected chi connectivity index (χ1v) is 18.6. The zero-order valence-corrected chi connectivity index (χ0v) is 28.6. The van der Waals surface area contributed by atoms with E-state index in [1.54, 1.807) is 0 Å². The number of rotatable bonds is 2. The van der Waals surface area contributed by atoms with Crippen LogP contribution in [0.5, 0.6) is 0 Å². The summed E-state index contributed by atoms with van der Waals surface area (Å²) in [5.41, 5.74) is 8.39.